The molecule has 4 nitrogen and oxygen atoms in total. The lowest BCUT2D eigenvalue weighted by molar-refractivity contribution is 0.281. The third kappa shape index (κ3) is 2.73. The Bertz CT molecular complexity index is 390. The molecule has 16 heavy (non-hydrogen) atoms. The number of nitrogens with one attached hydrogen (secondary N) is 2. The van der Waals surface area contributed by atoms with Crippen LogP contribution in [0.5, 0.6) is 0 Å². The van der Waals surface area contributed by atoms with Gasteiger partial charge in [-0.15, -0.1) is 0 Å². The summed E-state index contributed by atoms with van der Waals surface area (Å²) < 4.78 is 0. The maximum absolute atomic E-state index is 9.02. The molecule has 0 amide bonds. The summed E-state index contributed by atoms with van der Waals surface area (Å²) in [5.41, 5.74) is 2.09. The van der Waals surface area contributed by atoms with Crippen LogP contribution >= 0.6 is 0 Å². The van der Waals surface area contributed by atoms with E-state index in [-0.39, 0.29) is 6.61 Å². The Hall–Kier alpha value is -1.55. The molecule has 0 bridgehead atoms. The molecule has 0 saturated carbocycles. The summed E-state index contributed by atoms with van der Waals surface area (Å²) in [5, 5.41) is 15.5. The van der Waals surface area contributed by atoms with E-state index in [4.69, 9.17) is 5.11 Å². The van der Waals surface area contributed by atoms with Crippen LogP contribution in [-0.2, 0) is 13.2 Å². The Morgan fingerprint density at radius 2 is 2.31 bits per heavy atom. The van der Waals surface area contributed by atoms with Gasteiger partial charge >= 0.3 is 0 Å². The Balaban J connectivity index is 1.89. The zero-order valence-corrected chi connectivity index (χ0v) is 9.40. The summed E-state index contributed by atoms with van der Waals surface area (Å²) in [7, 11) is 0. The first-order chi connectivity index (χ1) is 7.78. The van der Waals surface area contributed by atoms with Crippen molar-refractivity contribution in [3.8, 4) is 0 Å². The summed E-state index contributed by atoms with van der Waals surface area (Å²) in [5.74, 6) is 0.863. The fourth-order valence-corrected chi connectivity index (χ4v) is 1.68. The van der Waals surface area contributed by atoms with Crippen molar-refractivity contribution in [3.05, 3.63) is 35.4 Å². The maximum atomic E-state index is 9.02. The number of nitrogens with zero attached hydrogens (tertiary/aromatic N) is 1. The summed E-state index contributed by atoms with van der Waals surface area (Å²) in [6, 6.07) is 8.31. The van der Waals surface area contributed by atoms with Gasteiger partial charge in [-0.3, -0.25) is 4.99 Å². The van der Waals surface area contributed by atoms with Crippen LogP contribution in [-0.4, -0.2) is 23.7 Å². The van der Waals surface area contributed by atoms with Gasteiger partial charge in [-0.05, 0) is 18.1 Å². The zero-order valence-electron chi connectivity index (χ0n) is 9.40. The van der Waals surface area contributed by atoms with Crippen molar-refractivity contribution in [1.82, 2.24) is 10.6 Å². The van der Waals surface area contributed by atoms with Crippen molar-refractivity contribution in [2.75, 3.05) is 6.54 Å². The van der Waals surface area contributed by atoms with E-state index in [0.29, 0.717) is 6.04 Å². The topological polar surface area (TPSA) is 56.7 Å². The zero-order chi connectivity index (χ0) is 11.4. The van der Waals surface area contributed by atoms with Gasteiger partial charge in [0.25, 0.3) is 0 Å². The average Bonchev–Trinajstić information content (AvgIpc) is 2.73. The van der Waals surface area contributed by atoms with Crippen LogP contribution in [0, 0.1) is 0 Å². The van der Waals surface area contributed by atoms with E-state index in [1.165, 1.54) is 0 Å². The molecule has 1 atom stereocenters. The van der Waals surface area contributed by atoms with Crippen LogP contribution in [0.25, 0.3) is 0 Å². The van der Waals surface area contributed by atoms with Gasteiger partial charge in [0.05, 0.1) is 13.2 Å². The highest BCUT2D eigenvalue weighted by Crippen LogP contribution is 2.05. The van der Waals surface area contributed by atoms with Gasteiger partial charge in [-0.1, -0.05) is 24.3 Å². The molecule has 4 heteroatoms. The first-order valence-electron chi connectivity index (χ1n) is 5.51. The van der Waals surface area contributed by atoms with E-state index in [9.17, 15) is 0 Å². The smallest absolute Gasteiger partial charge is 0.191 e. The average molecular weight is 219 g/mol. The molecule has 1 aromatic carbocycles. The van der Waals surface area contributed by atoms with Gasteiger partial charge in [-0.25, -0.2) is 0 Å². The lowest BCUT2D eigenvalue weighted by Crippen LogP contribution is -2.37. The fourth-order valence-electron chi connectivity index (χ4n) is 1.68. The summed E-state index contributed by atoms with van der Waals surface area (Å²) in [4.78, 5) is 4.32. The van der Waals surface area contributed by atoms with Crippen LogP contribution in [0.15, 0.2) is 29.3 Å². The number of aliphatic hydroxyl groups excluding tert-OH is 1. The second-order valence-corrected chi connectivity index (χ2v) is 4.07. The Labute approximate surface area is 95.4 Å². The lowest BCUT2D eigenvalue weighted by atomic mass is 10.1. The van der Waals surface area contributed by atoms with E-state index >= 15 is 0 Å². The molecule has 0 aliphatic carbocycles. The molecule has 0 saturated heterocycles. The van der Waals surface area contributed by atoms with Crippen molar-refractivity contribution in [2.24, 2.45) is 4.99 Å². The maximum Gasteiger partial charge on any atom is 0.191 e. The van der Waals surface area contributed by atoms with Crippen molar-refractivity contribution < 1.29 is 5.11 Å². The molecule has 1 aromatic rings. The molecule has 2 rings (SSSR count). The van der Waals surface area contributed by atoms with Gasteiger partial charge < -0.3 is 15.7 Å². The highest BCUT2D eigenvalue weighted by Gasteiger charge is 2.11. The Morgan fingerprint density at radius 3 is 3.00 bits per heavy atom. The minimum absolute atomic E-state index is 0.0874. The van der Waals surface area contributed by atoms with Crippen molar-refractivity contribution in [3.63, 3.8) is 0 Å². The van der Waals surface area contributed by atoms with Crippen molar-refractivity contribution >= 4 is 5.96 Å². The number of aliphatic hydroxyl groups is 1. The molecular formula is C12H17N3O. The lowest BCUT2D eigenvalue weighted by Gasteiger charge is -2.09. The summed E-state index contributed by atoms with van der Waals surface area (Å²) >= 11 is 0. The summed E-state index contributed by atoms with van der Waals surface area (Å²) in [6.07, 6.45) is 0. The SMILES string of the molecule is CC1CN=C(NCc2cccc(CO)c2)N1. The van der Waals surface area contributed by atoms with Crippen LogP contribution in [0.4, 0.5) is 0 Å². The second kappa shape index (κ2) is 4.99. The summed E-state index contributed by atoms with van der Waals surface area (Å²) in [6.45, 7) is 3.75. The van der Waals surface area contributed by atoms with E-state index in [2.05, 4.69) is 22.5 Å². The van der Waals surface area contributed by atoms with Gasteiger partial charge in [0.1, 0.15) is 0 Å². The molecule has 0 aromatic heterocycles. The Morgan fingerprint density at radius 1 is 1.50 bits per heavy atom. The molecule has 1 aliphatic heterocycles. The van der Waals surface area contributed by atoms with E-state index in [1.54, 1.807) is 0 Å². The minimum Gasteiger partial charge on any atom is -0.392 e. The number of rotatable bonds is 3. The molecule has 0 radical (unpaired) electrons. The van der Waals surface area contributed by atoms with Crippen LogP contribution in [0.3, 0.4) is 0 Å². The number of guanidine groups is 1. The first-order valence-corrected chi connectivity index (χ1v) is 5.51. The molecule has 3 N–H and O–H groups in total. The van der Waals surface area contributed by atoms with Gasteiger partial charge in [0.15, 0.2) is 5.96 Å². The van der Waals surface area contributed by atoms with Gasteiger partial charge in [-0.2, -0.15) is 0 Å². The van der Waals surface area contributed by atoms with Gasteiger partial charge in [0, 0.05) is 12.6 Å². The van der Waals surface area contributed by atoms with Crippen molar-refractivity contribution in [2.45, 2.75) is 26.1 Å². The minimum atomic E-state index is 0.0874. The molecule has 1 unspecified atom stereocenters. The van der Waals surface area contributed by atoms with Crippen LogP contribution < -0.4 is 10.6 Å². The molecule has 0 fully saturated rings. The number of benzene rings is 1. The third-order valence-electron chi connectivity index (χ3n) is 2.54. The first kappa shape index (κ1) is 11.0. The van der Waals surface area contributed by atoms with Crippen LogP contribution in [0.2, 0.25) is 0 Å². The fraction of sp³-hybridized carbons (Fsp3) is 0.417. The molecule has 0 spiro atoms. The standard InChI is InChI=1S/C12H17N3O/c1-9-6-13-12(15-9)14-7-10-3-2-4-11(5-10)8-16/h2-5,9,16H,6-8H2,1H3,(H2,13,14,15). The largest absolute Gasteiger partial charge is 0.392 e. The van der Waals surface area contributed by atoms with Crippen LogP contribution in [0.1, 0.15) is 18.1 Å². The predicted molar refractivity (Wildman–Crippen MR) is 64.1 cm³/mol. The molecule has 1 heterocycles. The Kier molecular flexibility index (Phi) is 3.41. The monoisotopic (exact) mass is 219 g/mol. The molecular weight excluding hydrogens is 202 g/mol. The highest BCUT2D eigenvalue weighted by atomic mass is 16.3. The van der Waals surface area contributed by atoms with E-state index in [0.717, 1.165) is 30.2 Å². The normalized spacial score (nSPS) is 19.1. The quantitative estimate of drug-likeness (QED) is 0.698. The number of hydrogen-bond acceptors (Lipinski definition) is 4. The third-order valence-corrected chi connectivity index (χ3v) is 2.54. The number of hydrogen-bond donors (Lipinski definition) is 3. The van der Waals surface area contributed by atoms with Crippen molar-refractivity contribution in [1.29, 1.82) is 0 Å². The molecule has 86 valence electrons. The highest BCUT2D eigenvalue weighted by molar-refractivity contribution is 5.81. The molecule has 1 aliphatic rings. The van der Waals surface area contributed by atoms with E-state index in [1.807, 2.05) is 24.3 Å². The van der Waals surface area contributed by atoms with E-state index < -0.39 is 0 Å². The number of aliphatic imine (C=N–C) groups is 1. The second-order valence-electron chi connectivity index (χ2n) is 4.07. The predicted octanol–water partition coefficient (Wildman–Crippen LogP) is 0.616. The van der Waals surface area contributed by atoms with Gasteiger partial charge in [0.2, 0.25) is 0 Å².